The van der Waals surface area contributed by atoms with Crippen LogP contribution < -0.4 is 0 Å². The highest BCUT2D eigenvalue weighted by Crippen LogP contribution is 2.51. The highest BCUT2D eigenvalue weighted by Gasteiger charge is 2.47. The molecular weight excluding hydrogens is 621 g/mol. The summed E-state index contributed by atoms with van der Waals surface area (Å²) < 4.78 is 36.4. The van der Waals surface area contributed by atoms with Crippen molar-refractivity contribution in [2.75, 3.05) is 33.0 Å². The number of hydrogen-bond donors (Lipinski definition) is 0. The van der Waals surface area contributed by atoms with Crippen LogP contribution in [0.3, 0.4) is 0 Å². The van der Waals surface area contributed by atoms with Crippen molar-refractivity contribution in [3.05, 3.63) is 23.8 Å². The molecule has 0 bridgehead atoms. The van der Waals surface area contributed by atoms with Crippen LogP contribution in [0.15, 0.2) is 23.8 Å². The third-order valence-corrected chi connectivity index (χ3v) is 16.1. The van der Waals surface area contributed by atoms with Crippen molar-refractivity contribution >= 4 is 14.3 Å². The van der Waals surface area contributed by atoms with E-state index >= 15 is 0 Å². The summed E-state index contributed by atoms with van der Waals surface area (Å²) in [4.78, 5) is 11.3. The SMILES string of the molecule is CC(=O)OCCCCC(CO[Si](C)(C)C(C)(C)C)C1=CC2C(C1)C[C@H](OC1CCCCO1)[C@H]2C=CCCCCCCOC1CCCCO1. The number of fused-ring (bicyclic) bond motifs is 1. The predicted octanol–water partition coefficient (Wildman–Crippen LogP) is 9.90. The van der Waals surface area contributed by atoms with Gasteiger partial charge in [-0.3, -0.25) is 4.79 Å². The number of hydrogen-bond acceptors (Lipinski definition) is 7. The first kappa shape index (κ1) is 39.7. The Hall–Kier alpha value is -1.03. The second-order valence-electron chi connectivity index (χ2n) is 16.5. The van der Waals surface area contributed by atoms with Crippen molar-refractivity contribution in [2.24, 2.45) is 23.7 Å². The largest absolute Gasteiger partial charge is 0.466 e. The maximum absolute atomic E-state index is 11.3. The Balaban J connectivity index is 1.34. The van der Waals surface area contributed by atoms with E-state index in [1.807, 2.05) is 0 Å². The van der Waals surface area contributed by atoms with Crippen molar-refractivity contribution < 1.29 is 32.9 Å². The second kappa shape index (κ2) is 20.1. The Bertz CT molecular complexity index is 992. The first-order valence-electron chi connectivity index (χ1n) is 19.7. The van der Waals surface area contributed by atoms with Gasteiger partial charge in [-0.15, -0.1) is 0 Å². The molecule has 48 heavy (non-hydrogen) atoms. The molecule has 2 heterocycles. The van der Waals surface area contributed by atoms with Gasteiger partial charge in [-0.05, 0) is 120 Å². The van der Waals surface area contributed by atoms with Crippen LogP contribution >= 0.6 is 0 Å². The van der Waals surface area contributed by atoms with Gasteiger partial charge in [0.15, 0.2) is 20.9 Å². The summed E-state index contributed by atoms with van der Waals surface area (Å²) in [6.45, 7) is 17.0. The van der Waals surface area contributed by atoms with Crippen LogP contribution in [0.2, 0.25) is 18.1 Å². The molecule has 0 N–H and O–H groups in total. The maximum Gasteiger partial charge on any atom is 0.302 e. The Labute approximate surface area is 294 Å². The molecule has 0 aromatic heterocycles. The lowest BCUT2D eigenvalue weighted by molar-refractivity contribution is -0.192. The van der Waals surface area contributed by atoms with Crippen LogP contribution in [0.4, 0.5) is 0 Å². The van der Waals surface area contributed by atoms with Crippen molar-refractivity contribution in [2.45, 2.75) is 167 Å². The molecule has 2 aliphatic carbocycles. The first-order valence-corrected chi connectivity index (χ1v) is 22.6. The van der Waals surface area contributed by atoms with Gasteiger partial charge in [0.1, 0.15) is 0 Å². The molecule has 5 unspecified atom stereocenters. The number of carbonyl (C=O) groups excluding carboxylic acids is 1. The molecule has 276 valence electrons. The van der Waals surface area contributed by atoms with Gasteiger partial charge < -0.3 is 28.1 Å². The zero-order valence-electron chi connectivity index (χ0n) is 31.5. The Morgan fingerprint density at radius 1 is 0.958 bits per heavy atom. The molecule has 2 saturated heterocycles. The van der Waals surface area contributed by atoms with E-state index in [4.69, 9.17) is 28.1 Å². The monoisotopic (exact) mass is 690 g/mol. The molecule has 0 radical (unpaired) electrons. The zero-order chi connectivity index (χ0) is 34.4. The van der Waals surface area contributed by atoms with Crippen molar-refractivity contribution in [3.63, 3.8) is 0 Å². The molecule has 0 aromatic carbocycles. The van der Waals surface area contributed by atoms with E-state index in [1.165, 1.54) is 45.4 Å². The zero-order valence-corrected chi connectivity index (χ0v) is 32.5. The van der Waals surface area contributed by atoms with E-state index in [0.29, 0.717) is 30.3 Å². The molecule has 7 nitrogen and oxygen atoms in total. The molecule has 7 atom stereocenters. The lowest BCUT2D eigenvalue weighted by Gasteiger charge is -2.37. The standard InChI is InChI=1S/C40H70O7Si/c1-31(41)42-23-16-12-19-32(30-46-48(5,6)40(2,3)4)33-27-34-29-37(47-39-22-14-18-26-45-39)35(36(34)28-33)20-11-9-7-8-10-15-24-43-38-21-13-17-25-44-38/h11,20,28,32,34-39H,7-10,12-19,21-27,29-30H2,1-6H3/t32?,34?,35-,36?,37-,38?,39?/m0/s1. The molecule has 0 spiro atoms. The predicted molar refractivity (Wildman–Crippen MR) is 195 cm³/mol. The fourth-order valence-electron chi connectivity index (χ4n) is 7.61. The first-order chi connectivity index (χ1) is 23.0. The second-order valence-corrected chi connectivity index (χ2v) is 21.3. The number of rotatable bonds is 20. The molecule has 1 saturated carbocycles. The highest BCUT2D eigenvalue weighted by atomic mass is 28.4. The van der Waals surface area contributed by atoms with Crippen LogP contribution in [0.1, 0.15) is 130 Å². The minimum Gasteiger partial charge on any atom is -0.466 e. The molecule has 4 rings (SSSR count). The van der Waals surface area contributed by atoms with E-state index < -0.39 is 8.32 Å². The molecule has 0 aromatic rings. The fraction of sp³-hybridized carbons (Fsp3) is 0.875. The summed E-state index contributed by atoms with van der Waals surface area (Å²) in [5, 5.41) is 0.187. The lowest BCUT2D eigenvalue weighted by atomic mass is 9.91. The maximum atomic E-state index is 11.3. The van der Waals surface area contributed by atoms with Gasteiger partial charge in [0.25, 0.3) is 0 Å². The van der Waals surface area contributed by atoms with E-state index in [0.717, 1.165) is 90.6 Å². The van der Waals surface area contributed by atoms with Gasteiger partial charge >= 0.3 is 5.97 Å². The molecule has 4 aliphatic rings. The van der Waals surface area contributed by atoms with Crippen LogP contribution in [0.5, 0.6) is 0 Å². The van der Waals surface area contributed by atoms with Gasteiger partial charge in [0.05, 0.1) is 12.7 Å². The lowest BCUT2D eigenvalue weighted by Crippen LogP contribution is -2.42. The van der Waals surface area contributed by atoms with E-state index in [9.17, 15) is 4.79 Å². The minimum absolute atomic E-state index is 0.0311. The van der Waals surface area contributed by atoms with Crippen LogP contribution in [0.25, 0.3) is 0 Å². The Kier molecular flexibility index (Phi) is 16.7. The number of carbonyl (C=O) groups is 1. The average Bonchev–Trinajstić information content (AvgIpc) is 3.59. The summed E-state index contributed by atoms with van der Waals surface area (Å²) in [5.41, 5.74) is 1.59. The summed E-state index contributed by atoms with van der Waals surface area (Å²) >= 11 is 0. The van der Waals surface area contributed by atoms with Crippen LogP contribution in [-0.4, -0.2) is 66.0 Å². The molecule has 3 fully saturated rings. The summed E-state index contributed by atoms with van der Waals surface area (Å²) in [6.07, 6.45) is 25.7. The van der Waals surface area contributed by atoms with Crippen LogP contribution in [0, 0.1) is 23.7 Å². The molecule has 0 amide bonds. The van der Waals surface area contributed by atoms with Gasteiger partial charge in [-0.2, -0.15) is 0 Å². The third-order valence-electron chi connectivity index (χ3n) is 11.6. The van der Waals surface area contributed by atoms with Gasteiger partial charge in [-0.25, -0.2) is 0 Å². The van der Waals surface area contributed by atoms with Gasteiger partial charge in [0.2, 0.25) is 0 Å². The quantitative estimate of drug-likeness (QED) is 0.0545. The Morgan fingerprint density at radius 3 is 2.35 bits per heavy atom. The molecule has 2 aliphatic heterocycles. The number of ether oxygens (including phenoxy) is 5. The Morgan fingerprint density at radius 2 is 1.67 bits per heavy atom. The summed E-state index contributed by atoms with van der Waals surface area (Å²) in [6, 6.07) is 0. The topological polar surface area (TPSA) is 72.5 Å². The van der Waals surface area contributed by atoms with Crippen molar-refractivity contribution in [3.8, 4) is 0 Å². The van der Waals surface area contributed by atoms with Crippen LogP contribution in [-0.2, 0) is 32.9 Å². The highest BCUT2D eigenvalue weighted by molar-refractivity contribution is 6.74. The van der Waals surface area contributed by atoms with E-state index in [1.54, 1.807) is 5.57 Å². The van der Waals surface area contributed by atoms with E-state index in [-0.39, 0.29) is 29.7 Å². The van der Waals surface area contributed by atoms with Gasteiger partial charge in [0, 0.05) is 45.2 Å². The summed E-state index contributed by atoms with van der Waals surface area (Å²) in [7, 11) is -1.86. The molecular formula is C40H70O7Si. The summed E-state index contributed by atoms with van der Waals surface area (Å²) in [5.74, 6) is 1.76. The minimum atomic E-state index is -1.86. The number of esters is 1. The molecule has 8 heteroatoms. The smallest absolute Gasteiger partial charge is 0.302 e. The van der Waals surface area contributed by atoms with Gasteiger partial charge in [-0.1, -0.05) is 57.4 Å². The average molecular weight is 691 g/mol. The van der Waals surface area contributed by atoms with E-state index in [2.05, 4.69) is 52.1 Å². The number of unbranched alkanes of at least 4 members (excludes halogenated alkanes) is 5. The third kappa shape index (κ3) is 12.9. The van der Waals surface area contributed by atoms with Crippen molar-refractivity contribution in [1.82, 2.24) is 0 Å². The number of allylic oxidation sites excluding steroid dienone is 2. The van der Waals surface area contributed by atoms with Crippen molar-refractivity contribution in [1.29, 1.82) is 0 Å². The normalized spacial score (nSPS) is 28.8. The fourth-order valence-corrected chi connectivity index (χ4v) is 8.66.